The lowest BCUT2D eigenvalue weighted by Gasteiger charge is -1.99. The Kier molecular flexibility index (Phi) is 1.76. The molecule has 1 aliphatic carbocycles. The lowest BCUT2D eigenvalue weighted by molar-refractivity contribution is 0.626. The molecular formula is C6H5IN2OS2. The monoisotopic (exact) mass is 312 g/mol. The summed E-state index contributed by atoms with van der Waals surface area (Å²) >= 11 is 2.22. The molecule has 2 heterocycles. The predicted octanol–water partition coefficient (Wildman–Crippen LogP) is 2.55. The van der Waals surface area contributed by atoms with Crippen molar-refractivity contribution in [3.05, 3.63) is 0 Å². The lowest BCUT2D eigenvalue weighted by atomic mass is 10.4. The van der Waals surface area contributed by atoms with Crippen LogP contribution in [0.25, 0.3) is 0 Å². The summed E-state index contributed by atoms with van der Waals surface area (Å²) in [5, 5.41) is 0. The van der Waals surface area contributed by atoms with E-state index in [2.05, 4.69) is 32.0 Å². The summed E-state index contributed by atoms with van der Waals surface area (Å²) in [7, 11) is 1.31. The lowest BCUT2D eigenvalue weighted by Crippen LogP contribution is -2.01. The van der Waals surface area contributed by atoms with Crippen LogP contribution in [0.15, 0.2) is 9.39 Å². The first-order valence-corrected chi connectivity index (χ1v) is 7.16. The standard InChI is InChI=1S/C6H5IN2OS2/c7-4-6-8-5(3-1-2-3)10-12(6)11-9-4/h3H,1-2H2. The fourth-order valence-electron chi connectivity index (χ4n) is 1.03. The molecule has 6 heteroatoms. The Hall–Kier alpha value is 0.440. The predicted molar refractivity (Wildman–Crippen MR) is 62.9 cm³/mol. The minimum absolute atomic E-state index is 0.190. The number of nitrogens with zero attached hydrogens (tertiary/aromatic N) is 2. The van der Waals surface area contributed by atoms with Gasteiger partial charge in [-0.2, -0.15) is 4.40 Å². The van der Waals surface area contributed by atoms with Crippen LogP contribution in [0.4, 0.5) is 0 Å². The van der Waals surface area contributed by atoms with Gasteiger partial charge in [-0.05, 0) is 35.4 Å². The number of hydrogen-bond acceptors (Lipinski definition) is 4. The van der Waals surface area contributed by atoms with Crippen LogP contribution in [0, 0.1) is 5.92 Å². The van der Waals surface area contributed by atoms with Crippen molar-refractivity contribution in [1.82, 2.24) is 0 Å². The van der Waals surface area contributed by atoms with Crippen LogP contribution in [0.3, 0.4) is 0 Å². The van der Waals surface area contributed by atoms with Gasteiger partial charge < -0.3 is 4.18 Å². The van der Waals surface area contributed by atoms with Crippen molar-refractivity contribution in [1.29, 1.82) is 0 Å². The molecule has 1 fully saturated rings. The number of halogens is 1. The van der Waals surface area contributed by atoms with Gasteiger partial charge >= 0.3 is 0 Å². The van der Waals surface area contributed by atoms with Gasteiger partial charge in [0.05, 0.1) is 11.0 Å². The minimum atomic E-state index is -0.190. The van der Waals surface area contributed by atoms with Crippen molar-refractivity contribution in [3.8, 4) is 0 Å². The zero-order valence-electron chi connectivity index (χ0n) is 5.99. The Morgan fingerprint density at radius 1 is 1.58 bits per heavy atom. The third kappa shape index (κ3) is 1.15. The van der Waals surface area contributed by atoms with Crippen molar-refractivity contribution >= 4 is 58.0 Å². The third-order valence-corrected chi connectivity index (χ3v) is 5.89. The second-order valence-corrected chi connectivity index (χ2v) is 6.54. The maximum atomic E-state index is 5.66. The van der Waals surface area contributed by atoms with Crippen molar-refractivity contribution in [2.24, 2.45) is 15.3 Å². The fraction of sp³-hybridized carbons (Fsp3) is 0.500. The Bertz CT molecular complexity index is 345. The van der Waals surface area contributed by atoms with Crippen molar-refractivity contribution in [2.75, 3.05) is 0 Å². The summed E-state index contributed by atoms with van der Waals surface area (Å²) in [5.74, 6) is 1.59. The Balaban J connectivity index is 1.91. The number of hydrogen-bond donors (Lipinski definition) is 0. The highest BCUT2D eigenvalue weighted by molar-refractivity contribution is 14.1. The molecule has 64 valence electrons. The van der Waals surface area contributed by atoms with E-state index in [0.29, 0.717) is 5.92 Å². The summed E-state index contributed by atoms with van der Waals surface area (Å²) in [6, 6.07) is 0. The molecule has 0 aromatic carbocycles. The molecule has 12 heavy (non-hydrogen) atoms. The average Bonchev–Trinajstić information content (AvgIpc) is 2.73. The molecule has 1 atom stereocenters. The molecule has 3 aliphatic rings. The average molecular weight is 312 g/mol. The number of aliphatic imine (C=N–C) groups is 1. The van der Waals surface area contributed by atoms with Crippen LogP contribution in [0.1, 0.15) is 12.8 Å². The molecule has 1 saturated carbocycles. The smallest absolute Gasteiger partial charge is 0.208 e. The van der Waals surface area contributed by atoms with Crippen molar-refractivity contribution in [3.63, 3.8) is 0 Å². The highest BCUT2D eigenvalue weighted by Crippen LogP contribution is 2.47. The van der Waals surface area contributed by atoms with Gasteiger partial charge in [0.1, 0.15) is 13.5 Å². The van der Waals surface area contributed by atoms with Crippen LogP contribution in [0.5, 0.6) is 0 Å². The van der Waals surface area contributed by atoms with E-state index >= 15 is 0 Å². The molecular weight excluding hydrogens is 307 g/mol. The van der Waals surface area contributed by atoms with Crippen molar-refractivity contribution < 1.29 is 4.18 Å². The highest BCUT2D eigenvalue weighted by atomic mass is 127. The maximum absolute atomic E-state index is 5.66. The van der Waals surface area contributed by atoms with Crippen LogP contribution >= 0.6 is 43.4 Å². The molecule has 3 nitrogen and oxygen atoms in total. The van der Waals surface area contributed by atoms with Crippen LogP contribution in [0.2, 0.25) is 0 Å². The zero-order valence-corrected chi connectivity index (χ0v) is 9.78. The van der Waals surface area contributed by atoms with Gasteiger partial charge in [-0.15, -0.1) is 0 Å². The Morgan fingerprint density at radius 2 is 2.42 bits per heavy atom. The minimum Gasteiger partial charge on any atom is -0.404 e. The summed E-state index contributed by atoms with van der Waals surface area (Å²) in [6.45, 7) is 0. The van der Waals surface area contributed by atoms with E-state index in [1.165, 1.54) is 23.8 Å². The Morgan fingerprint density at radius 3 is 3.08 bits per heavy atom. The normalized spacial score (nSPS) is 32.8. The second kappa shape index (κ2) is 2.71. The summed E-state index contributed by atoms with van der Waals surface area (Å²) < 4.78 is 10.9. The first-order chi connectivity index (χ1) is 5.84. The van der Waals surface area contributed by atoms with Crippen LogP contribution in [-0.4, -0.2) is 14.6 Å². The third-order valence-electron chi connectivity index (χ3n) is 1.82. The summed E-state index contributed by atoms with van der Waals surface area (Å²) in [6.07, 6.45) is 2.50. The van der Waals surface area contributed by atoms with Gasteiger partial charge in [0, 0.05) is 5.92 Å². The van der Waals surface area contributed by atoms with Gasteiger partial charge in [-0.1, -0.05) is 0 Å². The van der Waals surface area contributed by atoms with Gasteiger partial charge in [0.25, 0.3) is 0 Å². The summed E-state index contributed by atoms with van der Waals surface area (Å²) in [4.78, 5) is 5.52. The van der Waals surface area contributed by atoms with E-state index in [1.807, 2.05) is 0 Å². The quantitative estimate of drug-likeness (QED) is 0.323. The largest absolute Gasteiger partial charge is 0.404 e. The van der Waals surface area contributed by atoms with Crippen molar-refractivity contribution in [2.45, 2.75) is 12.8 Å². The zero-order chi connectivity index (χ0) is 8.13. The van der Waals surface area contributed by atoms with E-state index in [4.69, 9.17) is 4.18 Å². The van der Waals surface area contributed by atoms with Gasteiger partial charge in [-0.25, -0.2) is 4.99 Å². The molecule has 0 radical (unpaired) electrons. The molecule has 1 unspecified atom stereocenters. The molecule has 0 amide bonds. The van der Waals surface area contributed by atoms with E-state index in [9.17, 15) is 0 Å². The number of rotatable bonds is 1. The van der Waals surface area contributed by atoms with E-state index in [-0.39, 0.29) is 9.80 Å². The summed E-state index contributed by atoms with van der Waals surface area (Å²) in [5.41, 5.74) is 0. The van der Waals surface area contributed by atoms with E-state index < -0.39 is 0 Å². The molecule has 0 N–H and O–H groups in total. The second-order valence-electron chi connectivity index (χ2n) is 2.80. The van der Waals surface area contributed by atoms with Gasteiger partial charge in [-0.3, -0.25) is 0 Å². The molecule has 0 bridgehead atoms. The fourth-order valence-corrected chi connectivity index (χ4v) is 5.32. The van der Waals surface area contributed by atoms with Gasteiger partial charge in [0.2, 0.25) is 5.90 Å². The molecule has 0 spiro atoms. The van der Waals surface area contributed by atoms with Crippen LogP contribution in [-0.2, 0) is 4.18 Å². The molecule has 2 aliphatic heterocycles. The van der Waals surface area contributed by atoms with Gasteiger partial charge in [0.15, 0.2) is 4.99 Å². The molecule has 0 saturated heterocycles. The first-order valence-electron chi connectivity index (χ1n) is 3.64. The van der Waals surface area contributed by atoms with E-state index in [1.54, 1.807) is 0 Å². The highest BCUT2D eigenvalue weighted by Gasteiger charge is 2.36. The maximum Gasteiger partial charge on any atom is 0.208 e. The molecule has 0 aromatic rings. The first kappa shape index (κ1) is 7.81. The van der Waals surface area contributed by atoms with E-state index in [0.717, 1.165) is 14.6 Å². The molecule has 3 rings (SSSR count). The Labute approximate surface area is 89.9 Å². The molecule has 0 aromatic heterocycles. The van der Waals surface area contributed by atoms with Crippen LogP contribution < -0.4 is 0 Å². The topological polar surface area (TPSA) is 34.0 Å². The SMILES string of the molecule is IC1=NSS2=C1N=C(C1CC1)O2.